The Hall–Kier alpha value is -1.86. The van der Waals surface area contributed by atoms with Gasteiger partial charge in [-0.05, 0) is 25.1 Å². The van der Waals surface area contributed by atoms with E-state index in [1.807, 2.05) is 6.07 Å². The molecule has 2 aromatic rings. The zero-order valence-corrected chi connectivity index (χ0v) is 12.1. The molecule has 0 fully saturated rings. The smallest absolute Gasteiger partial charge is 0.241 e. The fourth-order valence-corrected chi connectivity index (χ4v) is 3.08. The first-order valence-corrected chi connectivity index (χ1v) is 7.68. The molecule has 0 aromatic carbocycles. The van der Waals surface area contributed by atoms with E-state index in [-0.39, 0.29) is 10.9 Å². The van der Waals surface area contributed by atoms with Crippen LogP contribution in [0.1, 0.15) is 12.7 Å². The molecule has 0 saturated carbocycles. The molecule has 2 heterocycles. The second-order valence-electron chi connectivity index (χ2n) is 4.43. The van der Waals surface area contributed by atoms with E-state index in [0.29, 0.717) is 12.2 Å². The molecular formula is C13H17N3O3S. The highest BCUT2D eigenvalue weighted by Crippen LogP contribution is 2.13. The normalized spacial score (nSPS) is 13.1. The Morgan fingerprint density at radius 1 is 1.40 bits per heavy atom. The Labute approximate surface area is 118 Å². The van der Waals surface area contributed by atoms with Gasteiger partial charge in [-0.15, -0.1) is 0 Å². The topological polar surface area (TPSA) is 84.2 Å². The molecule has 1 unspecified atom stereocenters. The van der Waals surface area contributed by atoms with Gasteiger partial charge in [0.05, 0.1) is 11.2 Å². The predicted molar refractivity (Wildman–Crippen MR) is 76.0 cm³/mol. The maximum Gasteiger partial charge on any atom is 0.241 e. The van der Waals surface area contributed by atoms with Gasteiger partial charge < -0.3 is 9.73 Å². The van der Waals surface area contributed by atoms with Crippen LogP contribution in [0.4, 0.5) is 5.82 Å². The van der Waals surface area contributed by atoms with Gasteiger partial charge in [0.2, 0.25) is 10.0 Å². The lowest BCUT2D eigenvalue weighted by Crippen LogP contribution is -2.34. The lowest BCUT2D eigenvalue weighted by atomic mass is 10.2. The molecule has 0 radical (unpaired) electrons. The van der Waals surface area contributed by atoms with E-state index in [1.54, 1.807) is 26.3 Å². The first kappa shape index (κ1) is 14.5. The van der Waals surface area contributed by atoms with Gasteiger partial charge in [0.25, 0.3) is 0 Å². The van der Waals surface area contributed by atoms with Crippen molar-refractivity contribution >= 4 is 15.8 Å². The van der Waals surface area contributed by atoms with Crippen molar-refractivity contribution in [3.05, 3.63) is 42.5 Å². The molecular weight excluding hydrogens is 278 g/mol. The number of furan rings is 1. The zero-order chi connectivity index (χ0) is 14.6. The van der Waals surface area contributed by atoms with Crippen LogP contribution in [0.15, 0.2) is 46.0 Å². The Kier molecular flexibility index (Phi) is 4.41. The molecule has 1 atom stereocenters. The maximum atomic E-state index is 12.2. The molecule has 0 aliphatic carbocycles. The molecule has 6 nitrogen and oxygen atoms in total. The minimum atomic E-state index is -3.57. The molecule has 108 valence electrons. The van der Waals surface area contributed by atoms with Gasteiger partial charge in [-0.1, -0.05) is 0 Å². The van der Waals surface area contributed by atoms with Crippen molar-refractivity contribution in [2.24, 2.45) is 0 Å². The molecule has 20 heavy (non-hydrogen) atoms. The van der Waals surface area contributed by atoms with E-state index in [2.05, 4.69) is 15.0 Å². The third-order valence-corrected chi connectivity index (χ3v) is 4.33. The summed E-state index contributed by atoms with van der Waals surface area (Å²) in [6, 6.07) is 6.28. The third kappa shape index (κ3) is 3.58. The average Bonchev–Trinajstić information content (AvgIpc) is 2.91. The van der Waals surface area contributed by atoms with Crippen molar-refractivity contribution in [3.8, 4) is 0 Å². The number of anilines is 1. The van der Waals surface area contributed by atoms with Gasteiger partial charge in [-0.25, -0.2) is 18.1 Å². The molecule has 0 aliphatic heterocycles. The largest absolute Gasteiger partial charge is 0.469 e. The van der Waals surface area contributed by atoms with Crippen LogP contribution in [0.5, 0.6) is 0 Å². The second-order valence-corrected chi connectivity index (χ2v) is 6.15. The highest BCUT2D eigenvalue weighted by molar-refractivity contribution is 7.89. The summed E-state index contributed by atoms with van der Waals surface area (Å²) in [5.74, 6) is 1.25. The monoisotopic (exact) mass is 295 g/mol. The van der Waals surface area contributed by atoms with E-state index in [9.17, 15) is 8.42 Å². The minimum Gasteiger partial charge on any atom is -0.469 e. The summed E-state index contributed by atoms with van der Waals surface area (Å²) in [7, 11) is -1.88. The van der Waals surface area contributed by atoms with Gasteiger partial charge in [-0.3, -0.25) is 0 Å². The van der Waals surface area contributed by atoms with Gasteiger partial charge in [0.15, 0.2) is 0 Å². The van der Waals surface area contributed by atoms with E-state index < -0.39 is 10.0 Å². The van der Waals surface area contributed by atoms with Crippen molar-refractivity contribution in [2.45, 2.75) is 24.3 Å². The number of nitrogens with one attached hydrogen (secondary N) is 2. The van der Waals surface area contributed by atoms with Crippen molar-refractivity contribution in [3.63, 3.8) is 0 Å². The van der Waals surface area contributed by atoms with Crippen LogP contribution in [0.3, 0.4) is 0 Å². The molecule has 0 spiro atoms. The van der Waals surface area contributed by atoms with Gasteiger partial charge in [0, 0.05) is 31.8 Å². The number of hydrogen-bond acceptors (Lipinski definition) is 5. The van der Waals surface area contributed by atoms with Crippen molar-refractivity contribution < 1.29 is 12.8 Å². The standard InChI is InChI=1S/C13H17N3O3S/c1-10(8-11-4-3-7-19-11)16-20(17,18)12-5-6-15-13(9-12)14-2/h3-7,9-10,16H,8H2,1-2H3,(H,14,15). The number of nitrogens with zero attached hydrogens (tertiary/aromatic N) is 1. The van der Waals surface area contributed by atoms with Crippen LogP contribution in [-0.4, -0.2) is 26.5 Å². The van der Waals surface area contributed by atoms with Crippen LogP contribution in [0.25, 0.3) is 0 Å². The number of rotatable bonds is 6. The summed E-state index contributed by atoms with van der Waals surface area (Å²) >= 11 is 0. The SMILES string of the molecule is CNc1cc(S(=O)(=O)NC(C)Cc2ccco2)ccn1. The van der Waals surface area contributed by atoms with Crippen LogP contribution in [-0.2, 0) is 16.4 Å². The maximum absolute atomic E-state index is 12.2. The van der Waals surface area contributed by atoms with Crippen LogP contribution >= 0.6 is 0 Å². The highest BCUT2D eigenvalue weighted by Gasteiger charge is 2.18. The Morgan fingerprint density at radius 2 is 2.20 bits per heavy atom. The Bertz CT molecular complexity index is 653. The number of aromatic nitrogens is 1. The minimum absolute atomic E-state index is 0.183. The highest BCUT2D eigenvalue weighted by atomic mass is 32.2. The molecule has 7 heteroatoms. The Morgan fingerprint density at radius 3 is 2.85 bits per heavy atom. The van der Waals surface area contributed by atoms with Gasteiger partial charge in [-0.2, -0.15) is 0 Å². The molecule has 2 aromatic heterocycles. The molecule has 2 rings (SSSR count). The van der Waals surface area contributed by atoms with E-state index in [1.165, 1.54) is 18.3 Å². The quantitative estimate of drug-likeness (QED) is 0.846. The van der Waals surface area contributed by atoms with Crippen LogP contribution < -0.4 is 10.0 Å². The number of hydrogen-bond donors (Lipinski definition) is 2. The fourth-order valence-electron chi connectivity index (χ4n) is 1.82. The second kappa shape index (κ2) is 6.06. The summed E-state index contributed by atoms with van der Waals surface area (Å²) in [4.78, 5) is 4.18. The average molecular weight is 295 g/mol. The van der Waals surface area contributed by atoms with Gasteiger partial charge in [0.1, 0.15) is 11.6 Å². The number of pyridine rings is 1. The van der Waals surface area contributed by atoms with Crippen molar-refractivity contribution in [2.75, 3.05) is 12.4 Å². The lowest BCUT2D eigenvalue weighted by Gasteiger charge is -2.13. The van der Waals surface area contributed by atoms with Crippen LogP contribution in [0, 0.1) is 0 Å². The molecule has 0 aliphatic rings. The summed E-state index contributed by atoms with van der Waals surface area (Å²) in [5.41, 5.74) is 0. The van der Waals surface area contributed by atoms with Gasteiger partial charge >= 0.3 is 0 Å². The zero-order valence-electron chi connectivity index (χ0n) is 11.3. The van der Waals surface area contributed by atoms with E-state index in [4.69, 9.17) is 4.42 Å². The first-order valence-electron chi connectivity index (χ1n) is 6.20. The summed E-state index contributed by atoms with van der Waals surface area (Å²) in [6.07, 6.45) is 3.52. The molecule has 0 amide bonds. The molecule has 2 N–H and O–H groups in total. The first-order chi connectivity index (χ1) is 9.51. The third-order valence-electron chi connectivity index (χ3n) is 2.74. The Balaban J connectivity index is 2.10. The van der Waals surface area contributed by atoms with E-state index in [0.717, 1.165) is 5.76 Å². The summed E-state index contributed by atoms with van der Waals surface area (Å²) in [6.45, 7) is 1.79. The van der Waals surface area contributed by atoms with E-state index >= 15 is 0 Å². The molecule has 0 saturated heterocycles. The van der Waals surface area contributed by atoms with Crippen LogP contribution in [0.2, 0.25) is 0 Å². The lowest BCUT2D eigenvalue weighted by molar-refractivity contribution is 0.479. The number of sulfonamides is 1. The van der Waals surface area contributed by atoms with Crippen molar-refractivity contribution in [1.82, 2.24) is 9.71 Å². The predicted octanol–water partition coefficient (Wildman–Crippen LogP) is 1.63. The summed E-state index contributed by atoms with van der Waals surface area (Å²) < 4.78 is 32.3. The fraction of sp³-hybridized carbons (Fsp3) is 0.308. The van der Waals surface area contributed by atoms with Crippen molar-refractivity contribution in [1.29, 1.82) is 0 Å². The summed E-state index contributed by atoms with van der Waals surface area (Å²) in [5, 5.41) is 2.81. The molecule has 0 bridgehead atoms.